The molecule has 0 bridgehead atoms. The summed E-state index contributed by atoms with van der Waals surface area (Å²) >= 11 is 0. The van der Waals surface area contributed by atoms with E-state index in [0.717, 1.165) is 30.6 Å². The molecule has 1 amide bonds. The average molecular weight is 369 g/mol. The van der Waals surface area contributed by atoms with Crippen LogP contribution in [0.1, 0.15) is 36.9 Å². The average Bonchev–Trinajstić information content (AvgIpc) is 3.34. The molecule has 144 valence electrons. The van der Waals surface area contributed by atoms with E-state index in [1.807, 2.05) is 29.3 Å². The van der Waals surface area contributed by atoms with Gasteiger partial charge in [-0.05, 0) is 36.6 Å². The molecule has 0 radical (unpaired) electrons. The van der Waals surface area contributed by atoms with E-state index in [1.54, 1.807) is 6.20 Å². The van der Waals surface area contributed by atoms with E-state index < -0.39 is 0 Å². The summed E-state index contributed by atoms with van der Waals surface area (Å²) in [6.07, 6.45) is 10.4. The van der Waals surface area contributed by atoms with Crippen LogP contribution in [-0.4, -0.2) is 45.7 Å². The van der Waals surface area contributed by atoms with Crippen molar-refractivity contribution in [3.63, 3.8) is 0 Å². The second-order valence-corrected chi connectivity index (χ2v) is 7.44. The zero-order valence-corrected chi connectivity index (χ0v) is 15.6. The van der Waals surface area contributed by atoms with E-state index in [9.17, 15) is 4.79 Å². The highest BCUT2D eigenvalue weighted by molar-refractivity contribution is 5.77. The number of pyridine rings is 1. The van der Waals surface area contributed by atoms with Crippen LogP contribution >= 0.6 is 0 Å². The monoisotopic (exact) mass is 369 g/mol. The minimum atomic E-state index is -0.0608. The number of amides is 1. The molecule has 4 rings (SSSR count). The molecular weight excluding hydrogens is 342 g/mol. The highest BCUT2D eigenvalue weighted by atomic mass is 16.5. The number of ether oxygens (including phenoxy) is 2. The van der Waals surface area contributed by atoms with Crippen LogP contribution in [0.3, 0.4) is 0 Å². The van der Waals surface area contributed by atoms with Gasteiger partial charge >= 0.3 is 0 Å². The molecule has 1 fully saturated rings. The summed E-state index contributed by atoms with van der Waals surface area (Å²) in [5, 5.41) is 0. The molecule has 2 aromatic heterocycles. The Morgan fingerprint density at radius 3 is 2.81 bits per heavy atom. The molecule has 0 saturated heterocycles. The molecule has 2 aliphatic rings. The van der Waals surface area contributed by atoms with E-state index in [4.69, 9.17) is 9.47 Å². The Balaban J connectivity index is 1.39. The number of aromatic nitrogens is 2. The van der Waals surface area contributed by atoms with Gasteiger partial charge in [-0.2, -0.15) is 0 Å². The molecule has 1 saturated carbocycles. The van der Waals surface area contributed by atoms with Crippen LogP contribution in [0.25, 0.3) is 0 Å². The minimum Gasteiger partial charge on any atom is -0.370 e. The summed E-state index contributed by atoms with van der Waals surface area (Å²) in [6, 6.07) is 8.01. The fourth-order valence-electron chi connectivity index (χ4n) is 3.88. The lowest BCUT2D eigenvalue weighted by atomic mass is 10.3. The van der Waals surface area contributed by atoms with Crippen LogP contribution in [0.2, 0.25) is 0 Å². The van der Waals surface area contributed by atoms with Gasteiger partial charge < -0.3 is 18.9 Å². The van der Waals surface area contributed by atoms with Gasteiger partial charge in [0.15, 0.2) is 0 Å². The molecule has 1 aliphatic heterocycles. The van der Waals surface area contributed by atoms with Gasteiger partial charge in [-0.25, -0.2) is 0 Å². The molecule has 1 atom stereocenters. The van der Waals surface area contributed by atoms with Crippen LogP contribution in [0.5, 0.6) is 0 Å². The van der Waals surface area contributed by atoms with Gasteiger partial charge in [-0.15, -0.1) is 0 Å². The van der Waals surface area contributed by atoms with Crippen LogP contribution in [0, 0.1) is 0 Å². The fraction of sp³-hybridized carbons (Fsp3) is 0.524. The molecule has 0 N–H and O–H groups in total. The first-order chi connectivity index (χ1) is 13.3. The van der Waals surface area contributed by atoms with E-state index in [0.29, 0.717) is 19.7 Å². The number of carbonyl (C=O) groups excluding carboxylic acids is 1. The van der Waals surface area contributed by atoms with Gasteiger partial charge in [-0.1, -0.05) is 18.9 Å². The topological polar surface area (TPSA) is 56.6 Å². The van der Waals surface area contributed by atoms with E-state index >= 15 is 0 Å². The number of nitrogens with zero attached hydrogens (tertiary/aromatic N) is 3. The Morgan fingerprint density at radius 1 is 1.11 bits per heavy atom. The summed E-state index contributed by atoms with van der Waals surface area (Å²) in [7, 11) is 0. The first kappa shape index (κ1) is 18.2. The van der Waals surface area contributed by atoms with Gasteiger partial charge in [0.05, 0.1) is 31.9 Å². The van der Waals surface area contributed by atoms with Gasteiger partial charge in [0.2, 0.25) is 5.91 Å². The first-order valence-electron chi connectivity index (χ1n) is 9.82. The highest BCUT2D eigenvalue weighted by Gasteiger charge is 2.26. The lowest BCUT2D eigenvalue weighted by molar-refractivity contribution is -0.140. The number of hydrogen-bond acceptors (Lipinski definition) is 4. The standard InChI is InChI=1S/C21H27N3O3/c25-21(16-27-19-7-1-2-8-19)24-12-18-6-4-10-23(18)13-20(14-24)26-15-17-5-3-9-22-11-17/h3-6,9-11,19-20H,1-2,7-8,12-16H2/t20-/m1/s1. The molecule has 0 aromatic carbocycles. The first-order valence-corrected chi connectivity index (χ1v) is 9.82. The molecule has 6 nitrogen and oxygen atoms in total. The molecular formula is C21H27N3O3. The number of rotatable bonds is 6. The van der Waals surface area contributed by atoms with Crippen molar-refractivity contribution >= 4 is 5.91 Å². The van der Waals surface area contributed by atoms with E-state index in [1.165, 1.54) is 12.8 Å². The largest absolute Gasteiger partial charge is 0.370 e. The van der Waals surface area contributed by atoms with Crippen LogP contribution in [-0.2, 0) is 34.0 Å². The highest BCUT2D eigenvalue weighted by Crippen LogP contribution is 2.21. The summed E-state index contributed by atoms with van der Waals surface area (Å²) in [4.78, 5) is 18.8. The summed E-state index contributed by atoms with van der Waals surface area (Å²) in [5.74, 6) is 0.0477. The maximum absolute atomic E-state index is 12.8. The zero-order valence-electron chi connectivity index (χ0n) is 15.6. The zero-order chi connectivity index (χ0) is 18.5. The molecule has 1 aliphatic carbocycles. The third kappa shape index (κ3) is 4.76. The van der Waals surface area contributed by atoms with Crippen molar-refractivity contribution in [3.05, 3.63) is 54.1 Å². The van der Waals surface area contributed by atoms with Crippen molar-refractivity contribution in [1.82, 2.24) is 14.5 Å². The third-order valence-electron chi connectivity index (χ3n) is 5.41. The van der Waals surface area contributed by atoms with Crippen molar-refractivity contribution in [1.29, 1.82) is 0 Å². The van der Waals surface area contributed by atoms with Crippen LogP contribution in [0.4, 0.5) is 0 Å². The maximum Gasteiger partial charge on any atom is 0.249 e. The van der Waals surface area contributed by atoms with E-state index in [2.05, 4.69) is 21.8 Å². The van der Waals surface area contributed by atoms with Crippen molar-refractivity contribution in [2.24, 2.45) is 0 Å². The molecule has 3 heterocycles. The van der Waals surface area contributed by atoms with Gasteiger partial charge in [0.1, 0.15) is 6.61 Å². The normalized spacial score (nSPS) is 20.4. The molecule has 27 heavy (non-hydrogen) atoms. The van der Waals surface area contributed by atoms with Crippen LogP contribution < -0.4 is 0 Å². The molecule has 0 unspecified atom stereocenters. The number of hydrogen-bond donors (Lipinski definition) is 0. The van der Waals surface area contributed by atoms with E-state index in [-0.39, 0.29) is 24.7 Å². The minimum absolute atomic E-state index is 0.0477. The smallest absolute Gasteiger partial charge is 0.249 e. The maximum atomic E-state index is 12.8. The Labute approximate surface area is 160 Å². The predicted octanol–water partition coefficient (Wildman–Crippen LogP) is 2.77. The Hall–Kier alpha value is -2.18. The third-order valence-corrected chi connectivity index (χ3v) is 5.41. The molecule has 6 heteroatoms. The summed E-state index contributed by atoms with van der Waals surface area (Å²) in [6.45, 7) is 2.59. The Morgan fingerprint density at radius 2 is 2.00 bits per heavy atom. The fourth-order valence-corrected chi connectivity index (χ4v) is 3.88. The van der Waals surface area contributed by atoms with Crippen molar-refractivity contribution in [2.75, 3.05) is 13.2 Å². The number of carbonyl (C=O) groups is 1. The van der Waals surface area contributed by atoms with Gasteiger partial charge in [0.25, 0.3) is 0 Å². The predicted molar refractivity (Wildman–Crippen MR) is 101 cm³/mol. The SMILES string of the molecule is O=C(COC1CCCC1)N1Cc2cccn2C[C@@H](OCc2cccnc2)C1. The summed E-state index contributed by atoms with van der Waals surface area (Å²) in [5.41, 5.74) is 2.17. The Kier molecular flexibility index (Phi) is 5.84. The summed E-state index contributed by atoms with van der Waals surface area (Å²) < 4.78 is 14.2. The van der Waals surface area contributed by atoms with Crippen molar-refractivity contribution < 1.29 is 14.3 Å². The second kappa shape index (κ2) is 8.67. The van der Waals surface area contributed by atoms with Gasteiger partial charge in [0, 0.05) is 30.8 Å². The number of fused-ring (bicyclic) bond motifs is 1. The van der Waals surface area contributed by atoms with Crippen LogP contribution in [0.15, 0.2) is 42.9 Å². The second-order valence-electron chi connectivity index (χ2n) is 7.44. The lowest BCUT2D eigenvalue weighted by Crippen LogP contribution is -2.39. The molecule has 0 spiro atoms. The van der Waals surface area contributed by atoms with Crippen molar-refractivity contribution in [2.45, 2.75) is 57.6 Å². The quantitative estimate of drug-likeness (QED) is 0.786. The lowest BCUT2D eigenvalue weighted by Gasteiger charge is -2.25. The Bertz CT molecular complexity index is 740. The van der Waals surface area contributed by atoms with Gasteiger partial charge in [-0.3, -0.25) is 9.78 Å². The van der Waals surface area contributed by atoms with Crippen molar-refractivity contribution in [3.8, 4) is 0 Å². The molecule has 2 aromatic rings.